The van der Waals surface area contributed by atoms with Crippen LogP contribution in [0.4, 0.5) is 0 Å². The molecule has 3 aromatic rings. The summed E-state index contributed by atoms with van der Waals surface area (Å²) in [5.74, 6) is -0.236. The largest absolute Gasteiger partial charge is 0.390 e. The van der Waals surface area contributed by atoms with E-state index in [0.29, 0.717) is 16.6 Å². The number of nitrogens with one attached hydrogen (secondary N) is 3. The second kappa shape index (κ2) is 6.62. The summed E-state index contributed by atoms with van der Waals surface area (Å²) in [6.07, 6.45) is 0.0889. The van der Waals surface area contributed by atoms with Crippen molar-refractivity contribution in [2.75, 3.05) is 6.54 Å². The van der Waals surface area contributed by atoms with Crippen LogP contribution in [0.15, 0.2) is 42.5 Å². The molecule has 0 aliphatic carbocycles. The molecule has 1 amide bonds. The third kappa shape index (κ3) is 3.24. The number of aliphatic hydroxyl groups excluding tert-OH is 1. The van der Waals surface area contributed by atoms with Crippen LogP contribution < -0.4 is 10.6 Å². The minimum absolute atomic E-state index is 0.0757. The summed E-state index contributed by atoms with van der Waals surface area (Å²) in [5, 5.41) is 27.0. The van der Waals surface area contributed by atoms with E-state index in [1.165, 1.54) is 11.1 Å². The minimum atomic E-state index is -0.659. The molecule has 0 saturated heterocycles. The van der Waals surface area contributed by atoms with Gasteiger partial charge >= 0.3 is 0 Å². The SMILES string of the molecule is O=C(NCC(O)[C@@H]1Cc2ccccc2CN1)c1ccc2n[nH]nc2c1. The van der Waals surface area contributed by atoms with Gasteiger partial charge in [0.25, 0.3) is 5.91 Å². The van der Waals surface area contributed by atoms with E-state index in [0.717, 1.165) is 13.0 Å². The molecule has 2 heterocycles. The van der Waals surface area contributed by atoms with E-state index in [1.807, 2.05) is 12.1 Å². The first kappa shape index (κ1) is 15.7. The Labute approximate surface area is 144 Å². The number of hydrogen-bond acceptors (Lipinski definition) is 5. The molecule has 0 bridgehead atoms. The van der Waals surface area contributed by atoms with Gasteiger partial charge in [-0.25, -0.2) is 0 Å². The highest BCUT2D eigenvalue weighted by molar-refractivity contribution is 5.97. The molecule has 0 radical (unpaired) electrons. The van der Waals surface area contributed by atoms with Crippen molar-refractivity contribution in [2.24, 2.45) is 0 Å². The van der Waals surface area contributed by atoms with Gasteiger partial charge in [0.2, 0.25) is 0 Å². The van der Waals surface area contributed by atoms with Crippen molar-refractivity contribution in [2.45, 2.75) is 25.1 Å². The molecule has 0 fully saturated rings. The summed E-state index contributed by atoms with van der Waals surface area (Å²) in [6, 6.07) is 13.2. The first-order chi connectivity index (χ1) is 12.2. The van der Waals surface area contributed by atoms with Gasteiger partial charge in [-0.15, -0.1) is 0 Å². The monoisotopic (exact) mass is 337 g/mol. The number of rotatable bonds is 4. The number of H-pyrrole nitrogens is 1. The summed E-state index contributed by atoms with van der Waals surface area (Å²) in [7, 11) is 0. The number of benzene rings is 2. The number of amides is 1. The van der Waals surface area contributed by atoms with Crippen molar-refractivity contribution in [1.82, 2.24) is 26.0 Å². The van der Waals surface area contributed by atoms with Crippen LogP contribution >= 0.6 is 0 Å². The van der Waals surface area contributed by atoms with Crippen LogP contribution in [0.5, 0.6) is 0 Å². The van der Waals surface area contributed by atoms with Crippen molar-refractivity contribution in [1.29, 1.82) is 0 Å². The average Bonchev–Trinajstić information content (AvgIpc) is 3.13. The second-order valence-electron chi connectivity index (χ2n) is 6.26. The Morgan fingerprint density at radius 3 is 2.88 bits per heavy atom. The summed E-state index contributed by atoms with van der Waals surface area (Å²) < 4.78 is 0. The lowest BCUT2D eigenvalue weighted by Gasteiger charge is -2.30. The van der Waals surface area contributed by atoms with Crippen molar-refractivity contribution in [3.05, 3.63) is 59.2 Å². The molecule has 7 heteroatoms. The number of aromatic amines is 1. The maximum absolute atomic E-state index is 12.3. The van der Waals surface area contributed by atoms with E-state index >= 15 is 0 Å². The fraction of sp³-hybridized carbons (Fsp3) is 0.278. The lowest BCUT2D eigenvalue weighted by molar-refractivity contribution is 0.0870. The van der Waals surface area contributed by atoms with E-state index in [1.54, 1.807) is 18.2 Å². The van der Waals surface area contributed by atoms with Crippen LogP contribution in [0.25, 0.3) is 11.0 Å². The fourth-order valence-electron chi connectivity index (χ4n) is 3.17. The number of hydrogen-bond donors (Lipinski definition) is 4. The molecule has 1 aliphatic rings. The highest BCUT2D eigenvalue weighted by Gasteiger charge is 2.24. The van der Waals surface area contributed by atoms with Crippen molar-refractivity contribution < 1.29 is 9.90 Å². The normalized spacial score (nSPS) is 17.9. The van der Waals surface area contributed by atoms with Gasteiger partial charge in [0, 0.05) is 24.7 Å². The molecule has 1 aliphatic heterocycles. The van der Waals surface area contributed by atoms with Crippen LogP contribution in [0.3, 0.4) is 0 Å². The average molecular weight is 337 g/mol. The second-order valence-corrected chi connectivity index (χ2v) is 6.26. The van der Waals surface area contributed by atoms with Gasteiger partial charge in [-0.2, -0.15) is 15.4 Å². The maximum Gasteiger partial charge on any atom is 0.251 e. The molecular weight excluding hydrogens is 318 g/mol. The molecule has 1 aromatic heterocycles. The van der Waals surface area contributed by atoms with Gasteiger partial charge in [0.15, 0.2) is 0 Å². The zero-order valence-electron chi connectivity index (χ0n) is 13.6. The Morgan fingerprint density at radius 1 is 1.20 bits per heavy atom. The molecule has 7 nitrogen and oxygen atoms in total. The molecule has 128 valence electrons. The van der Waals surface area contributed by atoms with Crippen LogP contribution in [-0.2, 0) is 13.0 Å². The quantitative estimate of drug-likeness (QED) is 0.563. The molecule has 0 spiro atoms. The third-order valence-corrected chi connectivity index (χ3v) is 4.63. The van der Waals surface area contributed by atoms with Crippen molar-refractivity contribution in [3.8, 4) is 0 Å². The summed E-state index contributed by atoms with van der Waals surface area (Å²) >= 11 is 0. The van der Waals surface area contributed by atoms with E-state index in [2.05, 4.69) is 38.2 Å². The van der Waals surface area contributed by atoms with Crippen LogP contribution in [-0.4, -0.2) is 45.1 Å². The highest BCUT2D eigenvalue weighted by atomic mass is 16.3. The van der Waals surface area contributed by atoms with Crippen LogP contribution in [0.2, 0.25) is 0 Å². The molecule has 0 saturated carbocycles. The molecular formula is C18H19N5O2. The predicted molar refractivity (Wildman–Crippen MR) is 93.0 cm³/mol. The highest BCUT2D eigenvalue weighted by Crippen LogP contribution is 2.18. The van der Waals surface area contributed by atoms with E-state index in [4.69, 9.17) is 0 Å². The van der Waals surface area contributed by atoms with E-state index in [9.17, 15) is 9.90 Å². The number of aliphatic hydroxyl groups is 1. The Morgan fingerprint density at radius 2 is 2.00 bits per heavy atom. The Bertz CT molecular complexity index is 907. The fourth-order valence-corrected chi connectivity index (χ4v) is 3.17. The summed E-state index contributed by atoms with van der Waals surface area (Å²) in [4.78, 5) is 12.3. The first-order valence-corrected chi connectivity index (χ1v) is 8.27. The smallest absolute Gasteiger partial charge is 0.251 e. The van der Waals surface area contributed by atoms with Gasteiger partial charge < -0.3 is 15.7 Å². The Balaban J connectivity index is 1.37. The lowest BCUT2D eigenvalue weighted by atomic mass is 9.93. The van der Waals surface area contributed by atoms with E-state index in [-0.39, 0.29) is 18.5 Å². The molecule has 1 unspecified atom stereocenters. The number of carbonyl (C=O) groups excluding carboxylic acids is 1. The standard InChI is InChI=1S/C18H19N5O2/c24-17(16-7-11-3-1-2-4-13(11)9-19-16)10-20-18(25)12-5-6-14-15(8-12)22-23-21-14/h1-6,8,16-17,19,24H,7,9-10H2,(H,20,25)(H,21,22,23)/t16-,17?/m0/s1. The molecule has 4 rings (SSSR count). The van der Waals surface area contributed by atoms with Gasteiger partial charge in [0.05, 0.1) is 6.10 Å². The van der Waals surface area contributed by atoms with Crippen molar-refractivity contribution in [3.63, 3.8) is 0 Å². The Kier molecular flexibility index (Phi) is 4.17. The zero-order chi connectivity index (χ0) is 17.2. The van der Waals surface area contributed by atoms with Crippen LogP contribution in [0, 0.1) is 0 Å². The summed E-state index contributed by atoms with van der Waals surface area (Å²) in [6.45, 7) is 0.921. The number of nitrogens with zero attached hydrogens (tertiary/aromatic N) is 2. The number of aromatic nitrogens is 3. The topological polar surface area (TPSA) is 103 Å². The Hall–Kier alpha value is -2.77. The predicted octanol–water partition coefficient (Wildman–Crippen LogP) is 0.763. The van der Waals surface area contributed by atoms with Crippen LogP contribution in [0.1, 0.15) is 21.5 Å². The van der Waals surface area contributed by atoms with E-state index < -0.39 is 6.10 Å². The maximum atomic E-state index is 12.3. The number of fused-ring (bicyclic) bond motifs is 2. The van der Waals surface area contributed by atoms with Gasteiger partial charge in [0.1, 0.15) is 11.0 Å². The lowest BCUT2D eigenvalue weighted by Crippen LogP contribution is -2.49. The molecule has 25 heavy (non-hydrogen) atoms. The third-order valence-electron chi connectivity index (χ3n) is 4.63. The number of carbonyl (C=O) groups is 1. The first-order valence-electron chi connectivity index (χ1n) is 8.27. The zero-order valence-corrected chi connectivity index (χ0v) is 13.6. The van der Waals surface area contributed by atoms with Crippen molar-refractivity contribution >= 4 is 16.9 Å². The van der Waals surface area contributed by atoms with Gasteiger partial charge in [-0.1, -0.05) is 24.3 Å². The van der Waals surface area contributed by atoms with Gasteiger partial charge in [-0.05, 0) is 35.7 Å². The molecule has 4 N–H and O–H groups in total. The summed E-state index contributed by atoms with van der Waals surface area (Å²) in [5.41, 5.74) is 4.35. The van der Waals surface area contributed by atoms with Gasteiger partial charge in [-0.3, -0.25) is 4.79 Å². The molecule has 2 aromatic carbocycles. The molecule has 2 atom stereocenters. The minimum Gasteiger partial charge on any atom is -0.390 e.